The van der Waals surface area contributed by atoms with Gasteiger partial charge in [0.2, 0.25) is 5.82 Å². The molecule has 0 saturated carbocycles. The summed E-state index contributed by atoms with van der Waals surface area (Å²) in [5, 5.41) is 8.51. The molecule has 0 spiro atoms. The molecule has 0 aliphatic carbocycles. The molecule has 0 atom stereocenters. The second-order valence-corrected chi connectivity index (χ2v) is 3.31. The molecule has 0 aromatic carbocycles. The molecule has 0 aliphatic rings. The molecule has 15 heavy (non-hydrogen) atoms. The Balaban J connectivity index is 3.30. The second-order valence-electron chi connectivity index (χ2n) is 3.31. The van der Waals surface area contributed by atoms with E-state index in [0.29, 0.717) is 0 Å². The molecule has 0 radical (unpaired) electrons. The number of aromatic nitrogens is 2. The number of alkyl halides is 3. The molecule has 0 aliphatic heterocycles. The summed E-state index contributed by atoms with van der Waals surface area (Å²) in [5.41, 5.74) is -1.37. The van der Waals surface area contributed by atoms with E-state index in [1.54, 1.807) is 0 Å². The predicted octanol–water partition coefficient (Wildman–Crippen LogP) is 2.25. The molecular weight excluding hydrogens is 213 g/mol. The van der Waals surface area contributed by atoms with Crippen molar-refractivity contribution in [3.8, 4) is 0 Å². The highest BCUT2D eigenvalue weighted by atomic mass is 19.4. The average Bonchev–Trinajstić information content (AvgIpc) is 2.45. The molecule has 1 aromatic heterocycles. The highest BCUT2D eigenvalue weighted by Gasteiger charge is 2.38. The van der Waals surface area contributed by atoms with Gasteiger partial charge in [0.25, 0.3) is 0 Å². The normalized spacial score (nSPS) is 12.1. The van der Waals surface area contributed by atoms with Crippen LogP contribution in [0.5, 0.6) is 0 Å². The highest BCUT2D eigenvalue weighted by molar-refractivity contribution is 5.83. The smallest absolute Gasteiger partial charge is 0.435 e. The van der Waals surface area contributed by atoms with E-state index in [-0.39, 0.29) is 5.69 Å². The molecule has 2 N–H and O–H groups in total. The second kappa shape index (κ2) is 3.56. The predicted molar refractivity (Wildman–Crippen MR) is 44.6 cm³/mol. The fourth-order valence-corrected chi connectivity index (χ4v) is 1.12. The van der Waals surface area contributed by atoms with Crippen LogP contribution in [-0.4, -0.2) is 21.0 Å². The van der Waals surface area contributed by atoms with Crippen molar-refractivity contribution >= 4 is 5.97 Å². The van der Waals surface area contributed by atoms with Gasteiger partial charge in [-0.1, -0.05) is 13.8 Å². The molecule has 0 fully saturated rings. The molecule has 0 unspecified atom stereocenters. The number of rotatable bonds is 2. The topological polar surface area (TPSA) is 66.0 Å². The number of halogens is 3. The Labute approximate surface area is 83.1 Å². The number of carboxylic acid groups (broad SMARTS) is 1. The van der Waals surface area contributed by atoms with E-state index in [1.807, 2.05) is 0 Å². The summed E-state index contributed by atoms with van der Waals surface area (Å²) in [6.07, 6.45) is -4.64. The zero-order chi connectivity index (χ0) is 11.8. The third-order valence-corrected chi connectivity index (χ3v) is 1.78. The van der Waals surface area contributed by atoms with Crippen LogP contribution in [0.2, 0.25) is 0 Å². The van der Waals surface area contributed by atoms with Crippen LogP contribution in [0.1, 0.15) is 41.8 Å². The van der Waals surface area contributed by atoms with Gasteiger partial charge in [0, 0.05) is 0 Å². The Morgan fingerprint density at radius 1 is 1.47 bits per heavy atom. The van der Waals surface area contributed by atoms with Crippen LogP contribution in [0.25, 0.3) is 0 Å². The number of nitrogens with zero attached hydrogens (tertiary/aromatic N) is 1. The Morgan fingerprint density at radius 2 is 2.00 bits per heavy atom. The lowest BCUT2D eigenvalue weighted by Crippen LogP contribution is -2.10. The zero-order valence-corrected chi connectivity index (χ0v) is 8.01. The van der Waals surface area contributed by atoms with Gasteiger partial charge >= 0.3 is 12.1 Å². The van der Waals surface area contributed by atoms with Gasteiger partial charge in [-0.2, -0.15) is 13.2 Å². The Hall–Kier alpha value is -1.53. The first-order valence-electron chi connectivity index (χ1n) is 4.14. The third-order valence-electron chi connectivity index (χ3n) is 1.78. The minimum Gasteiger partial charge on any atom is -0.475 e. The molecule has 4 nitrogen and oxygen atoms in total. The molecule has 1 heterocycles. The Bertz CT molecular complexity index is 382. The summed E-state index contributed by atoms with van der Waals surface area (Å²) in [4.78, 5) is 15.6. The highest BCUT2D eigenvalue weighted by Crippen LogP contribution is 2.33. The number of carboxylic acids is 1. The maximum Gasteiger partial charge on any atom is 0.435 e. The molecule has 1 aromatic rings. The van der Waals surface area contributed by atoms with Gasteiger partial charge in [-0.3, -0.25) is 0 Å². The van der Waals surface area contributed by atoms with Gasteiger partial charge in [-0.15, -0.1) is 0 Å². The van der Waals surface area contributed by atoms with E-state index >= 15 is 0 Å². The SMILES string of the molecule is CC(C)c1[nH]c(C(=O)O)nc1C(F)(F)F. The van der Waals surface area contributed by atoms with Crippen molar-refractivity contribution in [2.45, 2.75) is 25.9 Å². The third kappa shape index (κ3) is 2.28. The molecule has 0 bridgehead atoms. The van der Waals surface area contributed by atoms with Crippen molar-refractivity contribution in [2.24, 2.45) is 0 Å². The van der Waals surface area contributed by atoms with Crippen molar-refractivity contribution in [3.63, 3.8) is 0 Å². The van der Waals surface area contributed by atoms with E-state index in [1.165, 1.54) is 13.8 Å². The number of aromatic amines is 1. The minimum atomic E-state index is -4.64. The average molecular weight is 222 g/mol. The summed E-state index contributed by atoms with van der Waals surface area (Å²) >= 11 is 0. The summed E-state index contributed by atoms with van der Waals surface area (Å²) in [5.74, 6) is -2.67. The fraction of sp³-hybridized carbons (Fsp3) is 0.500. The van der Waals surface area contributed by atoms with Crippen LogP contribution in [0.3, 0.4) is 0 Å². The number of imidazole rings is 1. The molecule has 1 rings (SSSR count). The maximum absolute atomic E-state index is 12.4. The van der Waals surface area contributed by atoms with Crippen LogP contribution in [-0.2, 0) is 6.18 Å². The molecule has 0 amide bonds. The number of carbonyl (C=O) groups is 1. The van der Waals surface area contributed by atoms with Gasteiger partial charge in [-0.05, 0) is 5.92 Å². The largest absolute Gasteiger partial charge is 0.475 e. The summed E-state index contributed by atoms with van der Waals surface area (Å²) in [6.45, 7) is 3.04. The molecular formula is C8H9F3N2O2. The van der Waals surface area contributed by atoms with Crippen molar-refractivity contribution in [2.75, 3.05) is 0 Å². The Kier molecular flexibility index (Phi) is 2.74. The first kappa shape index (κ1) is 11.5. The van der Waals surface area contributed by atoms with Gasteiger partial charge in [0.15, 0.2) is 5.69 Å². The van der Waals surface area contributed by atoms with Crippen LogP contribution < -0.4 is 0 Å². The zero-order valence-electron chi connectivity index (χ0n) is 8.01. The van der Waals surface area contributed by atoms with Gasteiger partial charge in [0.05, 0.1) is 5.69 Å². The first-order chi connectivity index (χ1) is 6.73. The van der Waals surface area contributed by atoms with E-state index in [2.05, 4.69) is 9.97 Å². The van der Waals surface area contributed by atoms with Gasteiger partial charge < -0.3 is 10.1 Å². The minimum absolute atomic E-state index is 0.208. The number of H-pyrrole nitrogens is 1. The lowest BCUT2D eigenvalue weighted by molar-refractivity contribution is -0.141. The summed E-state index contributed by atoms with van der Waals surface area (Å²) in [6, 6.07) is 0. The molecule has 84 valence electrons. The van der Waals surface area contributed by atoms with E-state index < -0.39 is 29.6 Å². The Morgan fingerprint density at radius 3 is 2.27 bits per heavy atom. The summed E-state index contributed by atoms with van der Waals surface area (Å²) < 4.78 is 37.2. The molecule has 0 saturated heterocycles. The lowest BCUT2D eigenvalue weighted by atomic mass is 10.1. The van der Waals surface area contributed by atoms with Crippen LogP contribution in [0.15, 0.2) is 0 Å². The van der Waals surface area contributed by atoms with Crippen LogP contribution in [0, 0.1) is 0 Å². The van der Waals surface area contributed by atoms with Crippen LogP contribution in [0.4, 0.5) is 13.2 Å². The van der Waals surface area contributed by atoms with Gasteiger partial charge in [-0.25, -0.2) is 9.78 Å². The van der Waals surface area contributed by atoms with E-state index in [9.17, 15) is 18.0 Å². The number of hydrogen-bond donors (Lipinski definition) is 2. The quantitative estimate of drug-likeness (QED) is 0.806. The number of hydrogen-bond acceptors (Lipinski definition) is 2. The van der Waals surface area contributed by atoms with Gasteiger partial charge in [0.1, 0.15) is 0 Å². The van der Waals surface area contributed by atoms with Crippen molar-refractivity contribution in [1.82, 2.24) is 9.97 Å². The molecule has 7 heteroatoms. The standard InChI is InChI=1S/C8H9F3N2O2/c1-3(2)4-5(8(9,10)11)13-6(12-4)7(14)15/h3H,1-2H3,(H,12,13)(H,14,15). The number of aromatic carboxylic acids is 1. The van der Waals surface area contributed by atoms with Crippen molar-refractivity contribution in [3.05, 3.63) is 17.2 Å². The van der Waals surface area contributed by atoms with E-state index in [4.69, 9.17) is 5.11 Å². The maximum atomic E-state index is 12.4. The number of nitrogens with one attached hydrogen (secondary N) is 1. The first-order valence-corrected chi connectivity index (χ1v) is 4.14. The fourth-order valence-electron chi connectivity index (χ4n) is 1.12. The monoisotopic (exact) mass is 222 g/mol. The van der Waals surface area contributed by atoms with Crippen molar-refractivity contribution < 1.29 is 23.1 Å². The van der Waals surface area contributed by atoms with E-state index in [0.717, 1.165) is 0 Å². The van der Waals surface area contributed by atoms with Crippen LogP contribution >= 0.6 is 0 Å². The lowest BCUT2D eigenvalue weighted by Gasteiger charge is -2.07. The summed E-state index contributed by atoms with van der Waals surface area (Å²) in [7, 11) is 0. The van der Waals surface area contributed by atoms with Crippen molar-refractivity contribution in [1.29, 1.82) is 0 Å².